The van der Waals surface area contributed by atoms with Crippen LogP contribution >= 0.6 is 11.8 Å². The van der Waals surface area contributed by atoms with Crippen LogP contribution in [0.3, 0.4) is 0 Å². The lowest BCUT2D eigenvalue weighted by molar-refractivity contribution is -0.134. The molecule has 2 rings (SSSR count). The molecule has 4 nitrogen and oxygen atoms in total. The maximum absolute atomic E-state index is 10.8. The lowest BCUT2D eigenvalue weighted by Crippen LogP contribution is -1.92. The third-order valence-electron chi connectivity index (χ3n) is 1.95. The van der Waals surface area contributed by atoms with Gasteiger partial charge in [0.15, 0.2) is 5.16 Å². The van der Waals surface area contributed by atoms with E-state index in [1.165, 1.54) is 24.9 Å². The van der Waals surface area contributed by atoms with Crippen LogP contribution < -0.4 is 0 Å². The number of aromatic nitrogens is 2. The molecule has 0 fully saturated rings. The zero-order valence-corrected chi connectivity index (χ0v) is 9.45. The molecule has 0 aliphatic rings. The number of fused-ring (bicyclic) bond motifs is 1. The first-order chi connectivity index (χ1) is 7.79. The molecule has 0 spiro atoms. The van der Waals surface area contributed by atoms with Gasteiger partial charge in [-0.15, -0.1) is 0 Å². The number of rotatable bonds is 3. The number of carbonyl (C=O) groups is 1. The van der Waals surface area contributed by atoms with Gasteiger partial charge in [0.05, 0.1) is 18.1 Å². The van der Waals surface area contributed by atoms with Gasteiger partial charge in [-0.1, -0.05) is 23.9 Å². The number of aromatic amines is 1. The molecular formula is C11H10N2O2S. The summed E-state index contributed by atoms with van der Waals surface area (Å²) in [5.41, 5.74) is 1.90. The van der Waals surface area contributed by atoms with Crippen LogP contribution in [0.4, 0.5) is 0 Å². The molecule has 0 aliphatic heterocycles. The normalized spacial score (nSPS) is 11.1. The van der Waals surface area contributed by atoms with Crippen LogP contribution in [0.1, 0.15) is 0 Å². The molecule has 82 valence electrons. The van der Waals surface area contributed by atoms with Gasteiger partial charge in [-0.2, -0.15) is 0 Å². The number of hydrogen-bond acceptors (Lipinski definition) is 4. The van der Waals surface area contributed by atoms with Crippen molar-refractivity contribution in [3.8, 4) is 0 Å². The molecule has 0 unspecified atom stereocenters. The number of nitrogens with one attached hydrogen (secondary N) is 1. The molecule has 1 aromatic heterocycles. The summed E-state index contributed by atoms with van der Waals surface area (Å²) in [7, 11) is 1.35. The van der Waals surface area contributed by atoms with E-state index in [9.17, 15) is 4.79 Å². The van der Waals surface area contributed by atoms with E-state index >= 15 is 0 Å². The van der Waals surface area contributed by atoms with Crippen molar-refractivity contribution in [1.82, 2.24) is 9.97 Å². The number of methoxy groups -OCH3 is 1. The van der Waals surface area contributed by atoms with E-state index in [0.717, 1.165) is 16.2 Å². The molecule has 0 bridgehead atoms. The molecule has 0 radical (unpaired) electrons. The van der Waals surface area contributed by atoms with Crippen molar-refractivity contribution in [2.75, 3.05) is 7.11 Å². The minimum Gasteiger partial charge on any atom is -0.466 e. The van der Waals surface area contributed by atoms with Crippen molar-refractivity contribution < 1.29 is 9.53 Å². The highest BCUT2D eigenvalue weighted by atomic mass is 32.2. The first-order valence-electron chi connectivity index (χ1n) is 4.65. The Kier molecular flexibility index (Phi) is 3.26. The molecule has 0 saturated heterocycles. The summed E-state index contributed by atoms with van der Waals surface area (Å²) >= 11 is 1.34. The largest absolute Gasteiger partial charge is 0.466 e. The number of hydrogen-bond donors (Lipinski definition) is 1. The zero-order chi connectivity index (χ0) is 11.4. The van der Waals surface area contributed by atoms with Crippen molar-refractivity contribution in [2.24, 2.45) is 0 Å². The van der Waals surface area contributed by atoms with Crippen LogP contribution in [0.15, 0.2) is 40.9 Å². The number of H-pyrrole nitrogens is 1. The minimum atomic E-state index is -0.372. The number of carbonyl (C=O) groups excluding carboxylic acids is 1. The van der Waals surface area contributed by atoms with Crippen molar-refractivity contribution >= 4 is 28.8 Å². The highest BCUT2D eigenvalue weighted by Crippen LogP contribution is 2.19. The van der Waals surface area contributed by atoms with E-state index in [1.54, 1.807) is 5.41 Å². The first-order valence-corrected chi connectivity index (χ1v) is 5.53. The number of esters is 1. The summed E-state index contributed by atoms with van der Waals surface area (Å²) in [6.45, 7) is 0. The third-order valence-corrected chi connectivity index (χ3v) is 2.64. The fraction of sp³-hybridized carbons (Fsp3) is 0.0909. The second-order valence-electron chi connectivity index (χ2n) is 3.00. The smallest absolute Gasteiger partial charge is 0.330 e. The maximum Gasteiger partial charge on any atom is 0.330 e. The van der Waals surface area contributed by atoms with Crippen molar-refractivity contribution in [3.63, 3.8) is 0 Å². The number of ether oxygens (including phenoxy) is 1. The SMILES string of the molecule is COC(=O)/C=C\Sc1nc2ccccc2[nH]1. The van der Waals surface area contributed by atoms with E-state index < -0.39 is 0 Å². The van der Waals surface area contributed by atoms with Gasteiger partial charge in [0, 0.05) is 6.08 Å². The Morgan fingerprint density at radius 3 is 3.06 bits per heavy atom. The number of imidazole rings is 1. The molecule has 0 atom stereocenters. The summed E-state index contributed by atoms with van der Waals surface area (Å²) in [5, 5.41) is 2.39. The van der Waals surface area contributed by atoms with Crippen LogP contribution in [-0.2, 0) is 9.53 Å². The Hall–Kier alpha value is -1.75. The molecule has 0 saturated carbocycles. The Morgan fingerprint density at radius 2 is 2.31 bits per heavy atom. The Labute approximate surface area is 96.7 Å². The number of para-hydroxylation sites is 2. The molecule has 5 heteroatoms. The van der Waals surface area contributed by atoms with Crippen LogP contribution in [0, 0.1) is 0 Å². The quantitative estimate of drug-likeness (QED) is 0.503. The Morgan fingerprint density at radius 1 is 1.50 bits per heavy atom. The van der Waals surface area contributed by atoms with Crippen LogP contribution in [0.5, 0.6) is 0 Å². The molecule has 1 aromatic carbocycles. The fourth-order valence-electron chi connectivity index (χ4n) is 1.21. The lowest BCUT2D eigenvalue weighted by Gasteiger charge is -1.89. The topological polar surface area (TPSA) is 55.0 Å². The lowest BCUT2D eigenvalue weighted by atomic mass is 10.3. The standard InChI is InChI=1S/C11H10N2O2S/c1-15-10(14)6-7-16-11-12-8-4-2-3-5-9(8)13-11/h2-7H,1H3,(H,12,13)/b7-6-. The zero-order valence-electron chi connectivity index (χ0n) is 8.64. The second kappa shape index (κ2) is 4.85. The second-order valence-corrected chi connectivity index (χ2v) is 3.90. The molecule has 1 heterocycles. The first kappa shape index (κ1) is 10.8. The van der Waals surface area contributed by atoms with Gasteiger partial charge < -0.3 is 9.72 Å². The van der Waals surface area contributed by atoms with Gasteiger partial charge in [0.2, 0.25) is 0 Å². The van der Waals surface area contributed by atoms with E-state index in [-0.39, 0.29) is 5.97 Å². The molecule has 0 aliphatic carbocycles. The molecule has 0 amide bonds. The summed E-state index contributed by atoms with van der Waals surface area (Å²) in [6.07, 6.45) is 1.36. The predicted molar refractivity (Wildman–Crippen MR) is 63.1 cm³/mol. The summed E-state index contributed by atoms with van der Waals surface area (Å²) in [5.74, 6) is -0.372. The van der Waals surface area contributed by atoms with Gasteiger partial charge in [0.25, 0.3) is 0 Å². The van der Waals surface area contributed by atoms with Gasteiger partial charge in [-0.25, -0.2) is 9.78 Å². The summed E-state index contributed by atoms with van der Waals surface area (Å²) in [4.78, 5) is 18.3. The monoisotopic (exact) mass is 234 g/mol. The summed E-state index contributed by atoms with van der Waals surface area (Å²) in [6, 6.07) is 7.76. The average molecular weight is 234 g/mol. The van der Waals surface area contributed by atoms with E-state index in [2.05, 4.69) is 14.7 Å². The van der Waals surface area contributed by atoms with Gasteiger partial charge in [-0.3, -0.25) is 0 Å². The predicted octanol–water partition coefficient (Wildman–Crippen LogP) is 2.34. The highest BCUT2D eigenvalue weighted by molar-refractivity contribution is 8.02. The van der Waals surface area contributed by atoms with Crippen molar-refractivity contribution in [3.05, 3.63) is 35.7 Å². The third kappa shape index (κ3) is 2.43. The number of benzene rings is 1. The summed E-state index contributed by atoms with van der Waals surface area (Å²) < 4.78 is 4.48. The van der Waals surface area contributed by atoms with E-state index in [4.69, 9.17) is 0 Å². The van der Waals surface area contributed by atoms with Crippen molar-refractivity contribution in [2.45, 2.75) is 5.16 Å². The minimum absolute atomic E-state index is 0.372. The molecular weight excluding hydrogens is 224 g/mol. The van der Waals surface area contributed by atoms with E-state index in [0.29, 0.717) is 0 Å². The van der Waals surface area contributed by atoms with Crippen LogP contribution in [0.25, 0.3) is 11.0 Å². The van der Waals surface area contributed by atoms with E-state index in [1.807, 2.05) is 24.3 Å². The fourth-order valence-corrected chi connectivity index (χ4v) is 1.84. The highest BCUT2D eigenvalue weighted by Gasteiger charge is 2.00. The Balaban J connectivity index is 2.10. The van der Waals surface area contributed by atoms with Gasteiger partial charge >= 0.3 is 5.97 Å². The molecule has 1 N–H and O–H groups in total. The molecule has 2 aromatic rings. The average Bonchev–Trinajstić information content (AvgIpc) is 2.71. The van der Waals surface area contributed by atoms with Crippen LogP contribution in [0.2, 0.25) is 0 Å². The maximum atomic E-state index is 10.8. The van der Waals surface area contributed by atoms with Crippen molar-refractivity contribution in [1.29, 1.82) is 0 Å². The number of nitrogens with zero attached hydrogens (tertiary/aromatic N) is 1. The molecule has 16 heavy (non-hydrogen) atoms. The van der Waals surface area contributed by atoms with Gasteiger partial charge in [0.1, 0.15) is 0 Å². The van der Waals surface area contributed by atoms with Crippen LogP contribution in [-0.4, -0.2) is 23.0 Å². The Bertz CT molecular complexity index is 501. The number of thioether (sulfide) groups is 1. The van der Waals surface area contributed by atoms with Gasteiger partial charge in [-0.05, 0) is 17.5 Å².